The average Bonchev–Trinajstić information content (AvgIpc) is 3.31. The number of benzene rings is 3. The van der Waals surface area contributed by atoms with Gasteiger partial charge in [0.15, 0.2) is 5.84 Å². The van der Waals surface area contributed by atoms with Crippen LogP contribution in [0.4, 0.5) is 17.1 Å². The van der Waals surface area contributed by atoms with E-state index in [0.29, 0.717) is 5.84 Å². The molecule has 0 saturated heterocycles. The highest BCUT2D eigenvalue weighted by atomic mass is 32.1. The summed E-state index contributed by atoms with van der Waals surface area (Å²) in [7, 11) is 0. The van der Waals surface area contributed by atoms with Crippen molar-refractivity contribution in [2.75, 3.05) is 4.90 Å². The lowest BCUT2D eigenvalue weighted by atomic mass is 10.0. The van der Waals surface area contributed by atoms with Gasteiger partial charge in [-0.05, 0) is 41.5 Å². The first kappa shape index (κ1) is 19.8. The Morgan fingerprint density at radius 3 is 2.09 bits per heavy atom. The van der Waals surface area contributed by atoms with Gasteiger partial charge in [-0.3, -0.25) is 4.98 Å². The van der Waals surface area contributed by atoms with Crippen molar-refractivity contribution in [3.63, 3.8) is 0 Å². The largest absolute Gasteiger partial charge is 0.381 e. The lowest BCUT2D eigenvalue weighted by Crippen LogP contribution is -2.13. The van der Waals surface area contributed by atoms with E-state index in [0.717, 1.165) is 32.0 Å². The fourth-order valence-electron chi connectivity index (χ4n) is 3.75. The minimum absolute atomic E-state index is 0.315. The van der Waals surface area contributed by atoms with Gasteiger partial charge in [-0.1, -0.05) is 60.7 Å². The summed E-state index contributed by atoms with van der Waals surface area (Å²) in [6.45, 7) is 0. The number of fused-ring (bicyclic) bond motifs is 1. The van der Waals surface area contributed by atoms with Crippen LogP contribution in [0.3, 0.4) is 0 Å². The Bertz CT molecular complexity index is 1380. The van der Waals surface area contributed by atoms with Crippen LogP contribution in [0.5, 0.6) is 0 Å². The van der Waals surface area contributed by atoms with E-state index in [2.05, 4.69) is 75.6 Å². The van der Waals surface area contributed by atoms with Crippen molar-refractivity contribution in [1.82, 2.24) is 4.98 Å². The van der Waals surface area contributed by atoms with E-state index in [9.17, 15) is 0 Å². The van der Waals surface area contributed by atoms with Crippen molar-refractivity contribution in [3.8, 4) is 11.1 Å². The Morgan fingerprint density at radius 1 is 0.781 bits per heavy atom. The van der Waals surface area contributed by atoms with Gasteiger partial charge in [0, 0.05) is 23.0 Å². The zero-order chi connectivity index (χ0) is 21.9. The molecule has 5 rings (SSSR count). The predicted octanol–water partition coefficient (Wildman–Crippen LogP) is 6.01. The average molecular weight is 436 g/mol. The first-order chi connectivity index (χ1) is 15.7. The number of anilines is 3. The molecule has 4 N–H and O–H groups in total. The van der Waals surface area contributed by atoms with Crippen LogP contribution in [0, 0.1) is 0 Å². The van der Waals surface area contributed by atoms with Gasteiger partial charge in [0.2, 0.25) is 0 Å². The Morgan fingerprint density at radius 2 is 1.41 bits per heavy atom. The van der Waals surface area contributed by atoms with Crippen LogP contribution in [-0.2, 0) is 0 Å². The maximum Gasteiger partial charge on any atom is 0.160 e. The van der Waals surface area contributed by atoms with Crippen LogP contribution in [0.15, 0.2) is 108 Å². The van der Waals surface area contributed by atoms with E-state index in [1.54, 1.807) is 0 Å². The summed E-state index contributed by atoms with van der Waals surface area (Å²) in [5, 5.41) is 4.70. The van der Waals surface area contributed by atoms with Crippen LogP contribution < -0.4 is 16.5 Å². The number of rotatable bonds is 5. The smallest absolute Gasteiger partial charge is 0.160 e. The zero-order valence-corrected chi connectivity index (χ0v) is 18.0. The lowest BCUT2D eigenvalue weighted by molar-refractivity contribution is 1.23. The maximum absolute atomic E-state index is 5.98. The summed E-state index contributed by atoms with van der Waals surface area (Å²) < 4.78 is 1.02. The highest BCUT2D eigenvalue weighted by Gasteiger charge is 2.18. The molecule has 0 aliphatic rings. The van der Waals surface area contributed by atoms with Crippen molar-refractivity contribution >= 4 is 44.3 Å². The third-order valence-corrected chi connectivity index (χ3v) is 6.40. The van der Waals surface area contributed by atoms with Crippen LogP contribution in [0.1, 0.15) is 4.88 Å². The summed E-state index contributed by atoms with van der Waals surface area (Å²) in [5.41, 5.74) is 11.4. The van der Waals surface area contributed by atoms with Gasteiger partial charge in [0.05, 0.1) is 21.5 Å². The minimum Gasteiger partial charge on any atom is -0.381 e. The molecule has 0 unspecified atom stereocenters. The highest BCUT2D eigenvalue weighted by Crippen LogP contribution is 2.41. The summed E-state index contributed by atoms with van der Waals surface area (Å²) in [5.74, 6) is 5.73. The molecule has 0 amide bonds. The molecule has 0 saturated carbocycles. The van der Waals surface area contributed by atoms with E-state index < -0.39 is 0 Å². The number of pyridine rings is 1. The minimum atomic E-state index is 0.315. The van der Waals surface area contributed by atoms with E-state index >= 15 is 0 Å². The van der Waals surface area contributed by atoms with Crippen LogP contribution in [0.2, 0.25) is 0 Å². The van der Waals surface area contributed by atoms with Gasteiger partial charge < -0.3 is 16.5 Å². The van der Waals surface area contributed by atoms with E-state index in [-0.39, 0.29) is 0 Å². The Balaban J connectivity index is 1.66. The second-order valence-electron chi connectivity index (χ2n) is 7.28. The normalized spacial score (nSPS) is 11.6. The number of hydrogen-bond acceptors (Lipinski definition) is 5. The van der Waals surface area contributed by atoms with Gasteiger partial charge >= 0.3 is 0 Å². The number of para-hydroxylation sites is 1. The molecule has 6 heteroatoms. The monoisotopic (exact) mass is 435 g/mol. The number of hydrogen-bond donors (Lipinski definition) is 2. The number of amidine groups is 1. The number of nitrogens with two attached hydrogens (primary N) is 2. The molecule has 2 aromatic heterocycles. The lowest BCUT2D eigenvalue weighted by Gasteiger charge is -2.26. The summed E-state index contributed by atoms with van der Waals surface area (Å²) >= 11 is 1.53. The molecular formula is C26H21N5S. The molecular weight excluding hydrogens is 414 g/mol. The van der Waals surface area contributed by atoms with Crippen LogP contribution in [-0.4, -0.2) is 10.8 Å². The SMILES string of the molecule is NN=C(N)c1cc2c(N(c3ccccc3)c3ccc(-c4ccccc4)cc3)cncc2s1. The molecule has 2 heterocycles. The fraction of sp³-hybridized carbons (Fsp3) is 0. The Kier molecular flexibility index (Phi) is 5.27. The molecule has 0 aliphatic carbocycles. The second-order valence-corrected chi connectivity index (χ2v) is 8.36. The molecule has 0 aliphatic heterocycles. The van der Waals surface area contributed by atoms with Crippen LogP contribution in [0.25, 0.3) is 21.2 Å². The molecule has 0 bridgehead atoms. The summed E-state index contributed by atoms with van der Waals surface area (Å²) in [6.07, 6.45) is 3.73. The zero-order valence-electron chi connectivity index (χ0n) is 17.2. The quantitative estimate of drug-likeness (QED) is 0.153. The number of aromatic nitrogens is 1. The van der Waals surface area contributed by atoms with Gasteiger partial charge in [0.25, 0.3) is 0 Å². The van der Waals surface area contributed by atoms with E-state index in [1.165, 1.54) is 22.5 Å². The molecule has 5 nitrogen and oxygen atoms in total. The first-order valence-electron chi connectivity index (χ1n) is 10.2. The third kappa shape index (κ3) is 3.68. The van der Waals surface area contributed by atoms with Crippen molar-refractivity contribution in [1.29, 1.82) is 0 Å². The second kappa shape index (κ2) is 8.53. The number of hydrazone groups is 1. The molecule has 156 valence electrons. The van der Waals surface area contributed by atoms with Gasteiger partial charge in [-0.15, -0.1) is 11.3 Å². The highest BCUT2D eigenvalue weighted by molar-refractivity contribution is 7.21. The maximum atomic E-state index is 5.98. The van der Waals surface area contributed by atoms with Crippen molar-refractivity contribution in [2.24, 2.45) is 16.7 Å². The number of thiophene rings is 1. The van der Waals surface area contributed by atoms with Crippen molar-refractivity contribution < 1.29 is 0 Å². The molecule has 5 aromatic rings. The molecule has 32 heavy (non-hydrogen) atoms. The fourth-order valence-corrected chi connectivity index (χ4v) is 4.71. The summed E-state index contributed by atoms with van der Waals surface area (Å²) in [4.78, 5) is 7.53. The van der Waals surface area contributed by atoms with Crippen molar-refractivity contribution in [2.45, 2.75) is 0 Å². The third-order valence-electron chi connectivity index (χ3n) is 5.30. The summed E-state index contributed by atoms with van der Waals surface area (Å²) in [6, 6.07) is 31.2. The predicted molar refractivity (Wildman–Crippen MR) is 135 cm³/mol. The molecule has 0 radical (unpaired) electrons. The molecule has 0 fully saturated rings. The van der Waals surface area contributed by atoms with Gasteiger partial charge in [-0.25, -0.2) is 0 Å². The Labute approximate surface area is 190 Å². The van der Waals surface area contributed by atoms with E-state index in [1.807, 2.05) is 42.7 Å². The van der Waals surface area contributed by atoms with E-state index in [4.69, 9.17) is 11.6 Å². The van der Waals surface area contributed by atoms with Crippen LogP contribution >= 0.6 is 11.3 Å². The van der Waals surface area contributed by atoms with Gasteiger partial charge in [-0.2, -0.15) is 5.10 Å². The first-order valence-corrected chi connectivity index (χ1v) is 11.0. The molecule has 0 spiro atoms. The number of nitrogens with zero attached hydrogens (tertiary/aromatic N) is 3. The molecule has 3 aromatic carbocycles. The molecule has 0 atom stereocenters. The van der Waals surface area contributed by atoms with Gasteiger partial charge in [0.1, 0.15) is 0 Å². The topological polar surface area (TPSA) is 80.5 Å². The van der Waals surface area contributed by atoms with Crippen molar-refractivity contribution in [3.05, 3.63) is 108 Å². The standard InChI is InChI=1S/C26H21N5S/c27-26(30-28)24-15-22-23(16-29-17-25(22)32-24)31(20-9-5-2-6-10-20)21-13-11-19(12-14-21)18-7-3-1-4-8-18/h1-17H,28H2,(H2,27,30). The Hall–Kier alpha value is -4.16.